The summed E-state index contributed by atoms with van der Waals surface area (Å²) < 4.78 is 7.91. The van der Waals surface area contributed by atoms with Gasteiger partial charge in [-0.05, 0) is 31.6 Å². The average Bonchev–Trinajstić information content (AvgIpc) is 3.14. The highest BCUT2D eigenvalue weighted by atomic mass is 32.2. The van der Waals surface area contributed by atoms with Gasteiger partial charge in [0.25, 0.3) is 0 Å². The quantitative estimate of drug-likeness (QED) is 0.812. The monoisotopic (exact) mass is 385 g/mol. The third-order valence-corrected chi connectivity index (χ3v) is 7.11. The molecule has 6 nitrogen and oxygen atoms in total. The summed E-state index contributed by atoms with van der Waals surface area (Å²) in [5.74, 6) is 0.762. The Labute approximate surface area is 164 Å². The summed E-state index contributed by atoms with van der Waals surface area (Å²) in [5, 5.41) is 4.69. The first-order valence-corrected chi connectivity index (χ1v) is 11.1. The van der Waals surface area contributed by atoms with E-state index in [0.717, 1.165) is 69.1 Å². The summed E-state index contributed by atoms with van der Waals surface area (Å²) in [6, 6.07) is 6.89. The molecule has 144 valence electrons. The van der Waals surface area contributed by atoms with Gasteiger partial charge in [0.15, 0.2) is 0 Å². The second-order valence-electron chi connectivity index (χ2n) is 8.10. The number of nitrogens with one attached hydrogen (secondary N) is 1. The van der Waals surface area contributed by atoms with Gasteiger partial charge in [0, 0.05) is 49.2 Å². The fraction of sp³-hybridized carbons (Fsp3) is 0.600. The topological polar surface area (TPSA) is 53.5 Å². The predicted octanol–water partition coefficient (Wildman–Crippen LogP) is 3.01. The van der Waals surface area contributed by atoms with Crippen molar-refractivity contribution in [3.63, 3.8) is 0 Å². The van der Waals surface area contributed by atoms with Crippen LogP contribution < -0.4 is 10.2 Å². The summed E-state index contributed by atoms with van der Waals surface area (Å²) in [7, 11) is 0. The number of nitrogens with zero attached hydrogens (tertiary/aromatic N) is 4. The van der Waals surface area contributed by atoms with Crippen LogP contribution in [-0.4, -0.2) is 66.0 Å². The molecule has 0 radical (unpaired) electrons. The number of hydrogen-bond donors (Lipinski definition) is 1. The molecule has 0 unspecified atom stereocenters. The largest absolute Gasteiger partial charge is 0.380 e. The molecule has 27 heavy (non-hydrogen) atoms. The molecular weight excluding hydrogens is 358 g/mol. The number of anilines is 2. The zero-order chi connectivity index (χ0) is 18.3. The van der Waals surface area contributed by atoms with E-state index >= 15 is 0 Å². The van der Waals surface area contributed by atoms with E-state index in [4.69, 9.17) is 9.72 Å². The Kier molecular flexibility index (Phi) is 4.61. The van der Waals surface area contributed by atoms with Crippen LogP contribution in [-0.2, 0) is 4.74 Å². The van der Waals surface area contributed by atoms with Gasteiger partial charge in [0.2, 0.25) is 5.95 Å². The molecule has 3 saturated heterocycles. The van der Waals surface area contributed by atoms with Gasteiger partial charge >= 0.3 is 0 Å². The van der Waals surface area contributed by atoms with Crippen molar-refractivity contribution in [3.05, 3.63) is 24.4 Å². The molecule has 1 aromatic carbocycles. The van der Waals surface area contributed by atoms with Crippen LogP contribution in [0.1, 0.15) is 19.3 Å². The van der Waals surface area contributed by atoms with E-state index in [1.807, 2.05) is 18.1 Å². The second-order valence-corrected chi connectivity index (χ2v) is 8.98. The van der Waals surface area contributed by atoms with E-state index in [2.05, 4.69) is 44.0 Å². The van der Waals surface area contributed by atoms with Crippen LogP contribution in [0.2, 0.25) is 0 Å². The number of aromatic nitrogens is 2. The van der Waals surface area contributed by atoms with Crippen molar-refractivity contribution in [2.45, 2.75) is 25.3 Å². The highest BCUT2D eigenvalue weighted by Gasteiger charge is 2.44. The summed E-state index contributed by atoms with van der Waals surface area (Å²) >= 11 is 1.84. The zero-order valence-electron chi connectivity index (χ0n) is 15.9. The number of benzene rings is 1. The lowest BCUT2D eigenvalue weighted by molar-refractivity contribution is -0.0985. The molecule has 5 rings (SSSR count). The van der Waals surface area contributed by atoms with Gasteiger partial charge in [-0.2, -0.15) is 0 Å². The first-order chi connectivity index (χ1) is 13.2. The van der Waals surface area contributed by atoms with Gasteiger partial charge in [-0.3, -0.25) is 4.31 Å². The van der Waals surface area contributed by atoms with Gasteiger partial charge in [0.1, 0.15) is 0 Å². The van der Waals surface area contributed by atoms with E-state index in [1.165, 1.54) is 12.1 Å². The lowest BCUT2D eigenvalue weighted by atomic mass is 9.85. The first-order valence-electron chi connectivity index (χ1n) is 9.89. The Bertz CT molecular complexity index is 819. The van der Waals surface area contributed by atoms with Gasteiger partial charge in [0.05, 0.1) is 24.4 Å². The van der Waals surface area contributed by atoms with Gasteiger partial charge in [-0.15, -0.1) is 0 Å². The summed E-state index contributed by atoms with van der Waals surface area (Å²) in [5.41, 5.74) is 2.68. The maximum Gasteiger partial charge on any atom is 0.223 e. The van der Waals surface area contributed by atoms with E-state index in [9.17, 15) is 0 Å². The van der Waals surface area contributed by atoms with Crippen LogP contribution in [0.3, 0.4) is 0 Å². The fourth-order valence-corrected chi connectivity index (χ4v) is 5.07. The minimum Gasteiger partial charge on any atom is -0.380 e. The summed E-state index contributed by atoms with van der Waals surface area (Å²) in [4.78, 5) is 12.0. The Balaban J connectivity index is 1.36. The second kappa shape index (κ2) is 7.11. The number of hydrogen-bond acceptors (Lipinski definition) is 7. The van der Waals surface area contributed by atoms with Gasteiger partial charge in [-0.25, -0.2) is 9.97 Å². The third-order valence-electron chi connectivity index (χ3n) is 6.23. The van der Waals surface area contributed by atoms with E-state index in [-0.39, 0.29) is 0 Å². The molecule has 1 spiro atoms. The Morgan fingerprint density at radius 1 is 1.22 bits per heavy atom. The number of para-hydroxylation sites is 1. The predicted molar refractivity (Wildman–Crippen MR) is 111 cm³/mol. The van der Waals surface area contributed by atoms with Crippen molar-refractivity contribution in [3.8, 4) is 0 Å². The number of rotatable bonds is 4. The number of ether oxygens (including phenoxy) is 1. The van der Waals surface area contributed by atoms with Crippen LogP contribution in [0.15, 0.2) is 24.4 Å². The Hall–Kier alpha value is -1.57. The number of fused-ring (bicyclic) bond motifs is 1. The smallest absolute Gasteiger partial charge is 0.223 e. The SMILES string of the molecule is CSN1CCC(Nc2ncc3cccc(N4CCC5(COC5)C4)c3n2)CC1. The minimum absolute atomic E-state index is 0.377. The molecule has 7 heteroatoms. The molecule has 2 aromatic rings. The zero-order valence-corrected chi connectivity index (χ0v) is 16.7. The molecule has 1 N–H and O–H groups in total. The lowest BCUT2D eigenvalue weighted by Crippen LogP contribution is -2.44. The Morgan fingerprint density at radius 2 is 2.07 bits per heavy atom. The van der Waals surface area contributed by atoms with Crippen molar-refractivity contribution < 1.29 is 4.74 Å². The van der Waals surface area contributed by atoms with Crippen molar-refractivity contribution >= 4 is 34.5 Å². The molecule has 4 heterocycles. The average molecular weight is 386 g/mol. The van der Waals surface area contributed by atoms with Crippen molar-refractivity contribution in [2.24, 2.45) is 5.41 Å². The van der Waals surface area contributed by atoms with Crippen molar-refractivity contribution in [1.29, 1.82) is 0 Å². The molecule has 0 atom stereocenters. The van der Waals surface area contributed by atoms with Crippen molar-refractivity contribution in [2.75, 3.05) is 55.9 Å². The molecule has 3 aliphatic heterocycles. The van der Waals surface area contributed by atoms with E-state index < -0.39 is 0 Å². The molecule has 3 fully saturated rings. The normalized spacial score (nSPS) is 23.1. The maximum absolute atomic E-state index is 5.48. The van der Waals surface area contributed by atoms with Crippen LogP contribution in [0.5, 0.6) is 0 Å². The third kappa shape index (κ3) is 3.37. The molecule has 0 bridgehead atoms. The number of piperidine rings is 1. The molecule has 0 saturated carbocycles. The first kappa shape index (κ1) is 17.5. The molecular formula is C20H27N5OS. The van der Waals surface area contributed by atoms with Crippen LogP contribution in [0.4, 0.5) is 11.6 Å². The standard InChI is InChI=1S/C20H27N5OS/c1-27-25-8-5-16(6-9-25)22-19-21-11-15-3-2-4-17(18(15)23-19)24-10-7-20(12-24)13-26-14-20/h2-4,11,16H,5-10,12-14H2,1H3,(H,21,22,23). The summed E-state index contributed by atoms with van der Waals surface area (Å²) in [6.45, 7) is 6.22. The fourth-order valence-electron chi connectivity index (χ4n) is 4.50. The van der Waals surface area contributed by atoms with Gasteiger partial charge < -0.3 is 15.0 Å². The van der Waals surface area contributed by atoms with E-state index in [0.29, 0.717) is 11.5 Å². The van der Waals surface area contributed by atoms with Crippen LogP contribution in [0.25, 0.3) is 10.9 Å². The Morgan fingerprint density at radius 3 is 2.78 bits per heavy atom. The van der Waals surface area contributed by atoms with Crippen molar-refractivity contribution in [1.82, 2.24) is 14.3 Å². The van der Waals surface area contributed by atoms with Gasteiger partial charge in [-0.1, -0.05) is 24.1 Å². The van der Waals surface area contributed by atoms with Crippen LogP contribution >= 0.6 is 11.9 Å². The molecule has 0 amide bonds. The molecule has 0 aliphatic carbocycles. The summed E-state index contributed by atoms with van der Waals surface area (Å²) in [6.07, 6.45) is 7.61. The minimum atomic E-state index is 0.377. The van der Waals surface area contributed by atoms with E-state index in [1.54, 1.807) is 0 Å². The highest BCUT2D eigenvalue weighted by Crippen LogP contribution is 2.40. The molecule has 3 aliphatic rings. The maximum atomic E-state index is 5.48. The highest BCUT2D eigenvalue weighted by molar-refractivity contribution is 7.96. The van der Waals surface area contributed by atoms with Crippen LogP contribution in [0, 0.1) is 5.41 Å². The lowest BCUT2D eigenvalue weighted by Gasteiger charge is -2.37. The molecule has 1 aromatic heterocycles.